The molecule has 4 N–H and O–H groups in total. The number of hydrogen-bond donors (Lipinski definition) is 3. The highest BCUT2D eigenvalue weighted by Crippen LogP contribution is 2.08. The molecule has 0 bridgehead atoms. The van der Waals surface area contributed by atoms with Gasteiger partial charge in [-0.2, -0.15) is 0 Å². The van der Waals surface area contributed by atoms with Gasteiger partial charge < -0.3 is 21.1 Å². The molecule has 170 valence electrons. The van der Waals surface area contributed by atoms with Crippen molar-refractivity contribution in [3.63, 3.8) is 0 Å². The number of benzene rings is 3. The van der Waals surface area contributed by atoms with Gasteiger partial charge in [-0.25, -0.2) is 4.79 Å². The number of rotatable bonds is 10. The van der Waals surface area contributed by atoms with E-state index in [9.17, 15) is 14.4 Å². The summed E-state index contributed by atoms with van der Waals surface area (Å²) < 4.78 is 5.27. The third kappa shape index (κ3) is 7.81. The van der Waals surface area contributed by atoms with E-state index in [1.165, 1.54) is 0 Å². The monoisotopic (exact) mass is 445 g/mol. The van der Waals surface area contributed by atoms with Crippen LogP contribution in [0.2, 0.25) is 0 Å². The summed E-state index contributed by atoms with van der Waals surface area (Å²) in [6.07, 6.45) is -0.254. The van der Waals surface area contributed by atoms with Crippen LogP contribution in [-0.4, -0.2) is 30.0 Å². The number of nitrogens with one attached hydrogen (secondary N) is 2. The minimum Gasteiger partial charge on any atom is -0.445 e. The average Bonchev–Trinajstić information content (AvgIpc) is 2.84. The first-order valence-corrected chi connectivity index (χ1v) is 10.7. The van der Waals surface area contributed by atoms with E-state index in [2.05, 4.69) is 10.6 Å². The molecule has 0 spiro atoms. The van der Waals surface area contributed by atoms with E-state index in [-0.39, 0.29) is 19.4 Å². The van der Waals surface area contributed by atoms with Gasteiger partial charge in [-0.1, -0.05) is 91.0 Å². The van der Waals surface area contributed by atoms with E-state index >= 15 is 0 Å². The smallest absolute Gasteiger partial charge is 0.408 e. The van der Waals surface area contributed by atoms with E-state index in [1.807, 2.05) is 91.0 Å². The first-order valence-electron chi connectivity index (χ1n) is 10.7. The summed E-state index contributed by atoms with van der Waals surface area (Å²) in [6, 6.07) is 25.9. The van der Waals surface area contributed by atoms with Gasteiger partial charge in [0.1, 0.15) is 18.7 Å². The van der Waals surface area contributed by atoms with Crippen LogP contribution in [-0.2, 0) is 33.8 Å². The lowest BCUT2D eigenvalue weighted by Crippen LogP contribution is -2.54. The highest BCUT2D eigenvalue weighted by Gasteiger charge is 2.26. The molecule has 33 heavy (non-hydrogen) atoms. The summed E-state index contributed by atoms with van der Waals surface area (Å²) in [7, 11) is 0. The minimum absolute atomic E-state index is 0.0737. The van der Waals surface area contributed by atoms with Gasteiger partial charge in [-0.3, -0.25) is 9.59 Å². The van der Waals surface area contributed by atoms with Crippen molar-refractivity contribution in [2.45, 2.75) is 31.5 Å². The van der Waals surface area contributed by atoms with Crippen molar-refractivity contribution < 1.29 is 19.1 Å². The van der Waals surface area contributed by atoms with Crippen LogP contribution in [0.5, 0.6) is 0 Å². The Kier molecular flexibility index (Phi) is 8.59. The van der Waals surface area contributed by atoms with Crippen LogP contribution in [0.25, 0.3) is 0 Å². The van der Waals surface area contributed by atoms with Gasteiger partial charge in [0.25, 0.3) is 0 Å². The lowest BCUT2D eigenvalue weighted by atomic mass is 10.0. The number of ether oxygens (including phenoxy) is 1. The van der Waals surface area contributed by atoms with E-state index < -0.39 is 30.0 Å². The van der Waals surface area contributed by atoms with E-state index in [0.29, 0.717) is 0 Å². The van der Waals surface area contributed by atoms with Crippen LogP contribution in [0.3, 0.4) is 0 Å². The van der Waals surface area contributed by atoms with Crippen molar-refractivity contribution >= 4 is 17.9 Å². The number of nitrogens with two attached hydrogens (primary N) is 1. The zero-order chi connectivity index (χ0) is 23.5. The lowest BCUT2D eigenvalue weighted by Gasteiger charge is -2.22. The van der Waals surface area contributed by atoms with Crippen molar-refractivity contribution in [2.75, 3.05) is 0 Å². The average molecular weight is 446 g/mol. The summed E-state index contributed by atoms with van der Waals surface area (Å²) in [6.45, 7) is 0.0737. The lowest BCUT2D eigenvalue weighted by molar-refractivity contribution is -0.128. The molecular weight excluding hydrogens is 418 g/mol. The van der Waals surface area contributed by atoms with Gasteiger partial charge in [0.2, 0.25) is 11.8 Å². The summed E-state index contributed by atoms with van der Waals surface area (Å²) >= 11 is 0. The number of alkyl carbamates (subject to hydrolysis) is 1. The van der Waals surface area contributed by atoms with Crippen molar-refractivity contribution in [3.8, 4) is 0 Å². The van der Waals surface area contributed by atoms with Gasteiger partial charge in [-0.15, -0.1) is 0 Å². The molecular formula is C26H27N3O4. The van der Waals surface area contributed by atoms with Gasteiger partial charge >= 0.3 is 6.09 Å². The quantitative estimate of drug-likeness (QED) is 0.446. The molecule has 7 heteroatoms. The first-order chi connectivity index (χ1) is 16.0. The highest BCUT2D eigenvalue weighted by molar-refractivity contribution is 5.91. The predicted molar refractivity (Wildman–Crippen MR) is 125 cm³/mol. The molecule has 0 heterocycles. The Morgan fingerprint density at radius 3 is 1.61 bits per heavy atom. The number of hydrogen-bond acceptors (Lipinski definition) is 4. The largest absolute Gasteiger partial charge is 0.445 e. The molecule has 3 rings (SSSR count). The molecule has 0 aliphatic rings. The molecule has 0 fully saturated rings. The maximum atomic E-state index is 13.1. The Labute approximate surface area is 193 Å². The molecule has 2 atom stereocenters. The Bertz CT molecular complexity index is 1040. The van der Waals surface area contributed by atoms with Crippen LogP contribution in [0.15, 0.2) is 91.0 Å². The van der Waals surface area contributed by atoms with Crippen LogP contribution in [0, 0.1) is 0 Å². The van der Waals surface area contributed by atoms with Gasteiger partial charge in [0.15, 0.2) is 0 Å². The second-order valence-electron chi connectivity index (χ2n) is 7.60. The molecule has 7 nitrogen and oxygen atoms in total. The van der Waals surface area contributed by atoms with E-state index in [0.717, 1.165) is 16.7 Å². The van der Waals surface area contributed by atoms with Gasteiger partial charge in [0.05, 0.1) is 0 Å². The van der Waals surface area contributed by atoms with Crippen molar-refractivity contribution in [1.29, 1.82) is 0 Å². The molecule has 0 saturated carbocycles. The van der Waals surface area contributed by atoms with Crippen LogP contribution in [0.4, 0.5) is 4.79 Å². The first kappa shape index (κ1) is 23.5. The minimum atomic E-state index is -0.951. The third-order valence-corrected chi connectivity index (χ3v) is 5.05. The van der Waals surface area contributed by atoms with Crippen molar-refractivity contribution in [3.05, 3.63) is 108 Å². The second kappa shape index (κ2) is 12.0. The normalized spacial score (nSPS) is 12.2. The van der Waals surface area contributed by atoms with Gasteiger partial charge in [-0.05, 0) is 16.7 Å². The van der Waals surface area contributed by atoms with E-state index in [4.69, 9.17) is 10.5 Å². The molecule has 0 unspecified atom stereocenters. The number of primary amides is 1. The summed E-state index contributed by atoms with van der Waals surface area (Å²) in [4.78, 5) is 37.5. The zero-order valence-corrected chi connectivity index (χ0v) is 18.1. The highest BCUT2D eigenvalue weighted by atomic mass is 16.5. The number of amides is 3. The third-order valence-electron chi connectivity index (χ3n) is 5.05. The number of carbonyl (C=O) groups is 3. The Morgan fingerprint density at radius 2 is 1.12 bits per heavy atom. The Hall–Kier alpha value is -4.13. The molecule has 3 aromatic carbocycles. The summed E-state index contributed by atoms with van der Waals surface area (Å²) in [5.41, 5.74) is 8.07. The molecule has 3 amide bonds. The molecule has 0 aliphatic carbocycles. The Morgan fingerprint density at radius 1 is 0.667 bits per heavy atom. The molecule has 0 saturated heterocycles. The van der Waals surface area contributed by atoms with Crippen molar-refractivity contribution in [1.82, 2.24) is 10.6 Å². The Balaban J connectivity index is 1.68. The van der Waals surface area contributed by atoms with Crippen LogP contribution >= 0.6 is 0 Å². The molecule has 0 aromatic heterocycles. The molecule has 0 aliphatic heterocycles. The number of carbonyl (C=O) groups excluding carboxylic acids is 3. The second-order valence-corrected chi connectivity index (χ2v) is 7.60. The van der Waals surface area contributed by atoms with E-state index in [1.54, 1.807) is 0 Å². The fourth-order valence-corrected chi connectivity index (χ4v) is 3.31. The SMILES string of the molecule is NC(=O)[C@@H](Cc1ccccc1)NC(=O)[C@H](Cc1ccccc1)NC(=O)OCc1ccccc1. The summed E-state index contributed by atoms with van der Waals surface area (Å²) in [5, 5.41) is 5.30. The molecule has 3 aromatic rings. The van der Waals surface area contributed by atoms with Crippen LogP contribution in [0.1, 0.15) is 16.7 Å². The predicted octanol–water partition coefficient (Wildman–Crippen LogP) is 2.74. The van der Waals surface area contributed by atoms with Crippen molar-refractivity contribution in [2.24, 2.45) is 5.73 Å². The van der Waals surface area contributed by atoms with Crippen LogP contribution < -0.4 is 16.4 Å². The fraction of sp³-hybridized carbons (Fsp3) is 0.192. The maximum absolute atomic E-state index is 13.1. The van der Waals surface area contributed by atoms with Gasteiger partial charge in [0, 0.05) is 12.8 Å². The fourth-order valence-electron chi connectivity index (χ4n) is 3.31. The topological polar surface area (TPSA) is 111 Å². The zero-order valence-electron chi connectivity index (χ0n) is 18.1. The summed E-state index contributed by atoms with van der Waals surface area (Å²) in [5.74, 6) is -1.17. The molecule has 0 radical (unpaired) electrons. The standard InChI is InChI=1S/C26H27N3O4/c27-24(30)22(16-19-10-4-1-5-11-19)28-25(31)23(17-20-12-6-2-7-13-20)29-26(32)33-18-21-14-8-3-9-15-21/h1-15,22-23H,16-18H2,(H2,27,30)(H,28,31)(H,29,32)/t22-,23+/m1/s1. The maximum Gasteiger partial charge on any atom is 0.408 e.